The highest BCUT2D eigenvalue weighted by molar-refractivity contribution is 9.10. The van der Waals surface area contributed by atoms with Crippen LogP contribution in [-0.4, -0.2) is 25.0 Å². The number of benzene rings is 1. The van der Waals surface area contributed by atoms with E-state index in [1.54, 1.807) is 13.8 Å². The van der Waals surface area contributed by atoms with Crippen molar-refractivity contribution in [1.29, 1.82) is 0 Å². The molecular weight excluding hydrogens is 372 g/mol. The summed E-state index contributed by atoms with van der Waals surface area (Å²) in [7, 11) is -3.61. The van der Waals surface area contributed by atoms with Gasteiger partial charge in [0.1, 0.15) is 0 Å². The second kappa shape index (κ2) is 6.73. The van der Waals surface area contributed by atoms with E-state index in [0.717, 1.165) is 0 Å². The molecule has 0 aromatic heterocycles. The maximum atomic E-state index is 11.9. The van der Waals surface area contributed by atoms with E-state index in [1.807, 2.05) is 0 Å². The summed E-state index contributed by atoms with van der Waals surface area (Å²) in [5.74, 6) is -0.144. The van der Waals surface area contributed by atoms with Crippen LogP contribution in [0.3, 0.4) is 0 Å². The molecule has 1 unspecified atom stereocenters. The number of sulfonamides is 1. The van der Waals surface area contributed by atoms with E-state index in [-0.39, 0.29) is 28.9 Å². The largest absolute Gasteiger partial charge is 0.282 e. The Bertz CT molecular complexity index is 621. The number of anilines is 1. The van der Waals surface area contributed by atoms with Crippen LogP contribution in [0, 0.1) is 23.0 Å². The first kappa shape index (κ1) is 17.2. The predicted octanol–water partition coefficient (Wildman–Crippen LogP) is 3.28. The van der Waals surface area contributed by atoms with Gasteiger partial charge in [0.2, 0.25) is 10.0 Å². The molecule has 0 amide bonds. The van der Waals surface area contributed by atoms with Gasteiger partial charge >= 0.3 is 0 Å². The van der Waals surface area contributed by atoms with Crippen LogP contribution >= 0.6 is 27.5 Å². The number of nitro groups is 1. The van der Waals surface area contributed by atoms with Crippen molar-refractivity contribution in [3.05, 3.63) is 32.3 Å². The quantitative estimate of drug-likeness (QED) is 0.462. The number of nitrogens with zero attached hydrogens (tertiary/aromatic N) is 1. The van der Waals surface area contributed by atoms with Crippen LogP contribution in [0.5, 0.6) is 0 Å². The predicted molar refractivity (Wildman–Crippen MR) is 82.8 cm³/mol. The highest BCUT2D eigenvalue weighted by atomic mass is 79.9. The Balaban J connectivity index is 3.09. The van der Waals surface area contributed by atoms with Crippen LogP contribution in [0.4, 0.5) is 11.4 Å². The Hall–Kier alpha value is -0.860. The average molecular weight is 386 g/mol. The summed E-state index contributed by atoms with van der Waals surface area (Å²) in [6, 6.07) is 2.70. The molecule has 1 N–H and O–H groups in total. The molecule has 0 aliphatic carbocycles. The zero-order chi connectivity index (χ0) is 15.5. The zero-order valence-electron chi connectivity index (χ0n) is 10.9. The minimum atomic E-state index is -3.61. The first-order chi connectivity index (χ1) is 9.16. The average Bonchev–Trinajstić information content (AvgIpc) is 2.31. The van der Waals surface area contributed by atoms with Gasteiger partial charge in [-0.15, -0.1) is 11.6 Å². The van der Waals surface area contributed by atoms with Crippen LogP contribution in [0.1, 0.15) is 12.5 Å². The van der Waals surface area contributed by atoms with Crippen LogP contribution in [0.15, 0.2) is 16.6 Å². The summed E-state index contributed by atoms with van der Waals surface area (Å²) in [5.41, 5.74) is 0.444. The topological polar surface area (TPSA) is 89.3 Å². The molecular formula is C11H14BrClN2O4S. The van der Waals surface area contributed by atoms with Crippen molar-refractivity contribution in [3.63, 3.8) is 0 Å². The molecule has 0 heterocycles. The summed E-state index contributed by atoms with van der Waals surface area (Å²) in [5, 5.41) is 10.9. The molecule has 0 saturated carbocycles. The first-order valence-electron chi connectivity index (χ1n) is 5.67. The van der Waals surface area contributed by atoms with E-state index in [0.29, 0.717) is 10.0 Å². The van der Waals surface area contributed by atoms with Crippen LogP contribution in [-0.2, 0) is 10.0 Å². The van der Waals surface area contributed by atoms with Gasteiger partial charge in [-0.1, -0.05) is 6.92 Å². The molecule has 0 saturated heterocycles. The second-order valence-electron chi connectivity index (χ2n) is 4.52. The van der Waals surface area contributed by atoms with Gasteiger partial charge in [0, 0.05) is 22.0 Å². The fourth-order valence-electron chi connectivity index (χ4n) is 1.56. The fourth-order valence-corrected chi connectivity index (χ4v) is 3.95. The van der Waals surface area contributed by atoms with E-state index in [2.05, 4.69) is 20.7 Å². The maximum absolute atomic E-state index is 11.9. The lowest BCUT2D eigenvalue weighted by Crippen LogP contribution is -2.22. The lowest BCUT2D eigenvalue weighted by atomic mass is 10.2. The van der Waals surface area contributed by atoms with Gasteiger partial charge in [0.25, 0.3) is 5.69 Å². The summed E-state index contributed by atoms with van der Waals surface area (Å²) < 4.78 is 26.6. The van der Waals surface area contributed by atoms with E-state index in [1.165, 1.54) is 12.1 Å². The standard InChI is InChI=1S/C11H14BrClN2O4S/c1-7(5-13)6-20(18,19)14-10-4-11(15(16)17)8(2)3-9(10)12/h3-4,7,14H,5-6H2,1-2H3. The third kappa shape index (κ3) is 4.60. The molecule has 0 bridgehead atoms. The second-order valence-corrected chi connectivity index (χ2v) is 7.45. The third-order valence-corrected chi connectivity index (χ3v) is 5.24. The van der Waals surface area contributed by atoms with Crippen LogP contribution in [0.25, 0.3) is 0 Å². The summed E-state index contributed by atoms with van der Waals surface area (Å²) in [4.78, 5) is 10.3. The zero-order valence-corrected chi connectivity index (χ0v) is 14.0. The van der Waals surface area contributed by atoms with E-state index < -0.39 is 14.9 Å². The Morgan fingerprint density at radius 2 is 2.10 bits per heavy atom. The Morgan fingerprint density at radius 3 is 2.60 bits per heavy atom. The van der Waals surface area contributed by atoms with Gasteiger partial charge in [0.05, 0.1) is 16.4 Å². The Kier molecular flexibility index (Phi) is 5.79. The third-order valence-electron chi connectivity index (χ3n) is 2.52. The number of hydrogen-bond donors (Lipinski definition) is 1. The summed E-state index contributed by atoms with van der Waals surface area (Å²) in [6.45, 7) is 3.29. The number of nitrogens with one attached hydrogen (secondary N) is 1. The molecule has 1 rings (SSSR count). The molecule has 0 spiro atoms. The number of aryl methyl sites for hydroxylation is 1. The van der Waals surface area contributed by atoms with Gasteiger partial charge in [-0.2, -0.15) is 0 Å². The van der Waals surface area contributed by atoms with Gasteiger partial charge < -0.3 is 0 Å². The Labute approximate surface area is 130 Å². The number of alkyl halides is 1. The van der Waals surface area contributed by atoms with Crippen molar-refractivity contribution in [3.8, 4) is 0 Å². The Morgan fingerprint density at radius 1 is 1.50 bits per heavy atom. The van der Waals surface area contributed by atoms with Crippen molar-refractivity contribution in [2.45, 2.75) is 13.8 Å². The van der Waals surface area contributed by atoms with Crippen LogP contribution in [0.2, 0.25) is 0 Å². The molecule has 112 valence electrons. The van der Waals surface area contributed by atoms with Crippen molar-refractivity contribution in [1.82, 2.24) is 0 Å². The molecule has 6 nitrogen and oxygen atoms in total. The normalized spacial score (nSPS) is 13.0. The van der Waals surface area contributed by atoms with Gasteiger partial charge in [-0.25, -0.2) is 8.42 Å². The molecule has 9 heteroatoms. The molecule has 0 aliphatic heterocycles. The number of hydrogen-bond acceptors (Lipinski definition) is 4. The van der Waals surface area contributed by atoms with E-state index in [4.69, 9.17) is 11.6 Å². The molecule has 0 aliphatic rings. The molecule has 1 atom stereocenters. The van der Waals surface area contributed by atoms with Gasteiger partial charge in [-0.3, -0.25) is 14.8 Å². The summed E-state index contributed by atoms with van der Waals surface area (Å²) in [6.07, 6.45) is 0. The number of rotatable bonds is 6. The smallest absolute Gasteiger partial charge is 0.274 e. The van der Waals surface area contributed by atoms with Crippen molar-refractivity contribution < 1.29 is 13.3 Å². The lowest BCUT2D eigenvalue weighted by molar-refractivity contribution is -0.385. The molecule has 1 aromatic rings. The van der Waals surface area contributed by atoms with Crippen molar-refractivity contribution in [2.24, 2.45) is 5.92 Å². The number of halogens is 2. The molecule has 1 aromatic carbocycles. The molecule has 0 fully saturated rings. The minimum absolute atomic E-state index is 0.142. The van der Waals surface area contributed by atoms with E-state index >= 15 is 0 Å². The highest BCUT2D eigenvalue weighted by Gasteiger charge is 2.20. The minimum Gasteiger partial charge on any atom is -0.282 e. The molecule has 20 heavy (non-hydrogen) atoms. The first-order valence-corrected chi connectivity index (χ1v) is 8.65. The SMILES string of the molecule is Cc1cc(Br)c(NS(=O)(=O)CC(C)CCl)cc1[N+](=O)[O-]. The number of nitro benzene ring substituents is 1. The highest BCUT2D eigenvalue weighted by Crippen LogP contribution is 2.31. The summed E-state index contributed by atoms with van der Waals surface area (Å²) >= 11 is 8.78. The molecule has 0 radical (unpaired) electrons. The maximum Gasteiger partial charge on any atom is 0.274 e. The van der Waals surface area contributed by atoms with Crippen molar-refractivity contribution in [2.75, 3.05) is 16.4 Å². The van der Waals surface area contributed by atoms with Gasteiger partial charge in [-0.05, 0) is 34.8 Å². The van der Waals surface area contributed by atoms with Crippen LogP contribution < -0.4 is 4.72 Å². The fraction of sp³-hybridized carbons (Fsp3) is 0.455. The lowest BCUT2D eigenvalue weighted by Gasteiger charge is -2.13. The van der Waals surface area contributed by atoms with Gasteiger partial charge in [0.15, 0.2) is 0 Å². The van der Waals surface area contributed by atoms with Crippen molar-refractivity contribution >= 4 is 48.9 Å². The van der Waals surface area contributed by atoms with E-state index in [9.17, 15) is 18.5 Å². The monoisotopic (exact) mass is 384 g/mol.